The van der Waals surface area contributed by atoms with Gasteiger partial charge in [-0.3, -0.25) is 4.79 Å². The monoisotopic (exact) mass is 401 g/mol. The largest absolute Gasteiger partial charge is 0.349 e. The van der Waals surface area contributed by atoms with Gasteiger partial charge < -0.3 is 5.32 Å². The van der Waals surface area contributed by atoms with Crippen LogP contribution in [0.5, 0.6) is 0 Å². The number of nitrogens with one attached hydrogen (secondary N) is 1. The van der Waals surface area contributed by atoms with Crippen molar-refractivity contribution >= 4 is 29.3 Å². The molecule has 6 nitrogen and oxygen atoms in total. The van der Waals surface area contributed by atoms with Crippen molar-refractivity contribution in [2.75, 3.05) is 5.75 Å². The fourth-order valence-electron chi connectivity index (χ4n) is 2.80. The minimum atomic E-state index is -0.107. The second-order valence-corrected chi connectivity index (χ2v) is 7.62. The zero-order chi connectivity index (χ0) is 19.4. The average Bonchev–Trinajstić information content (AvgIpc) is 3.08. The minimum Gasteiger partial charge on any atom is -0.349 e. The summed E-state index contributed by atoms with van der Waals surface area (Å²) in [5.74, 6) is 0.141. The molecule has 0 saturated heterocycles. The van der Waals surface area contributed by atoms with E-state index in [1.165, 1.54) is 11.8 Å². The highest BCUT2D eigenvalue weighted by Crippen LogP contribution is 2.23. The number of thioether (sulfide) groups is 1. The lowest BCUT2D eigenvalue weighted by Crippen LogP contribution is -2.28. The predicted molar refractivity (Wildman–Crippen MR) is 107 cm³/mol. The lowest BCUT2D eigenvalue weighted by molar-refractivity contribution is -0.119. The number of para-hydroxylation sites is 1. The van der Waals surface area contributed by atoms with Crippen molar-refractivity contribution < 1.29 is 4.79 Å². The zero-order valence-electron chi connectivity index (χ0n) is 15.3. The van der Waals surface area contributed by atoms with Crippen molar-refractivity contribution in [3.63, 3.8) is 0 Å². The molecule has 1 N–H and O–H groups in total. The Labute approximate surface area is 167 Å². The SMILES string of the molecule is Cc1cccc(C)c1-n1nnnc1SCC(=O)N[C@@H](C)c1ccc(Cl)cc1. The van der Waals surface area contributed by atoms with E-state index in [-0.39, 0.29) is 17.7 Å². The maximum Gasteiger partial charge on any atom is 0.230 e. The molecule has 27 heavy (non-hydrogen) atoms. The first kappa shape index (κ1) is 19.4. The molecule has 0 fully saturated rings. The van der Waals surface area contributed by atoms with Gasteiger partial charge >= 0.3 is 0 Å². The van der Waals surface area contributed by atoms with Gasteiger partial charge in [0, 0.05) is 5.02 Å². The van der Waals surface area contributed by atoms with Crippen molar-refractivity contribution in [1.82, 2.24) is 25.5 Å². The Morgan fingerprint density at radius 1 is 1.19 bits per heavy atom. The summed E-state index contributed by atoms with van der Waals surface area (Å²) in [6.07, 6.45) is 0. The molecular weight excluding hydrogens is 382 g/mol. The predicted octanol–water partition coefficient (Wildman–Crippen LogP) is 3.90. The lowest BCUT2D eigenvalue weighted by atomic mass is 10.1. The fourth-order valence-corrected chi connectivity index (χ4v) is 3.61. The van der Waals surface area contributed by atoms with Crippen LogP contribution in [0.25, 0.3) is 5.69 Å². The first-order valence-corrected chi connectivity index (χ1v) is 9.84. The number of hydrogen-bond donors (Lipinski definition) is 1. The highest BCUT2D eigenvalue weighted by atomic mass is 35.5. The number of halogens is 1. The van der Waals surface area contributed by atoms with Crippen LogP contribution in [0.4, 0.5) is 0 Å². The van der Waals surface area contributed by atoms with Gasteiger partial charge in [0.1, 0.15) is 0 Å². The van der Waals surface area contributed by atoms with Crippen LogP contribution in [0.2, 0.25) is 5.02 Å². The van der Waals surface area contributed by atoms with Crippen molar-refractivity contribution in [3.05, 3.63) is 64.2 Å². The smallest absolute Gasteiger partial charge is 0.230 e. The number of rotatable bonds is 6. The number of tetrazole rings is 1. The molecule has 0 spiro atoms. The molecule has 0 aliphatic heterocycles. The molecule has 0 unspecified atom stereocenters. The van der Waals surface area contributed by atoms with E-state index in [0.717, 1.165) is 22.4 Å². The van der Waals surface area contributed by atoms with Crippen LogP contribution < -0.4 is 5.32 Å². The number of nitrogens with zero attached hydrogens (tertiary/aromatic N) is 4. The van der Waals surface area contributed by atoms with Crippen LogP contribution >= 0.6 is 23.4 Å². The van der Waals surface area contributed by atoms with Crippen LogP contribution in [0.15, 0.2) is 47.6 Å². The number of aryl methyl sites for hydroxylation is 2. The van der Waals surface area contributed by atoms with Crippen molar-refractivity contribution in [2.24, 2.45) is 0 Å². The van der Waals surface area contributed by atoms with Crippen LogP contribution in [-0.2, 0) is 4.79 Å². The summed E-state index contributed by atoms with van der Waals surface area (Å²) in [4.78, 5) is 12.3. The van der Waals surface area contributed by atoms with Crippen LogP contribution in [-0.4, -0.2) is 31.9 Å². The molecule has 3 rings (SSSR count). The first-order valence-electron chi connectivity index (χ1n) is 8.48. The second-order valence-electron chi connectivity index (χ2n) is 6.24. The van der Waals surface area contributed by atoms with Crippen molar-refractivity contribution in [2.45, 2.75) is 32.0 Å². The standard InChI is InChI=1S/C19H20ClN5OS/c1-12-5-4-6-13(2)18(12)25-19(22-23-24-25)27-11-17(26)21-14(3)15-7-9-16(20)10-8-15/h4-10,14H,11H2,1-3H3,(H,21,26)/t14-/m0/s1. The molecule has 2 aromatic carbocycles. The summed E-state index contributed by atoms with van der Waals surface area (Å²) in [6, 6.07) is 13.4. The van der Waals surface area contributed by atoms with Crippen LogP contribution in [0.1, 0.15) is 29.7 Å². The van der Waals surface area contributed by atoms with E-state index in [4.69, 9.17) is 11.6 Å². The molecule has 8 heteroatoms. The van der Waals surface area contributed by atoms with Crippen molar-refractivity contribution in [1.29, 1.82) is 0 Å². The molecule has 1 atom stereocenters. The number of carbonyl (C=O) groups is 1. The van der Waals surface area contributed by atoms with Gasteiger partial charge in [-0.2, -0.15) is 4.68 Å². The summed E-state index contributed by atoms with van der Waals surface area (Å²) in [5.41, 5.74) is 4.09. The average molecular weight is 402 g/mol. The topological polar surface area (TPSA) is 72.7 Å². The summed E-state index contributed by atoms with van der Waals surface area (Å²) in [6.45, 7) is 5.96. The highest BCUT2D eigenvalue weighted by Gasteiger charge is 2.16. The molecule has 0 bridgehead atoms. The van der Waals surface area contributed by atoms with E-state index in [9.17, 15) is 4.79 Å². The van der Waals surface area contributed by atoms with E-state index in [2.05, 4.69) is 20.8 Å². The lowest BCUT2D eigenvalue weighted by Gasteiger charge is -2.14. The van der Waals surface area contributed by atoms with Gasteiger partial charge in [0.15, 0.2) is 0 Å². The zero-order valence-corrected chi connectivity index (χ0v) is 16.9. The Morgan fingerprint density at radius 3 is 2.52 bits per heavy atom. The van der Waals surface area contributed by atoms with E-state index in [1.807, 2.05) is 63.2 Å². The second kappa shape index (κ2) is 8.54. The van der Waals surface area contributed by atoms with E-state index in [0.29, 0.717) is 10.2 Å². The molecule has 1 amide bonds. The molecule has 0 aliphatic carbocycles. The summed E-state index contributed by atoms with van der Waals surface area (Å²) in [7, 11) is 0. The molecule has 1 heterocycles. The highest BCUT2D eigenvalue weighted by molar-refractivity contribution is 7.99. The van der Waals surface area contributed by atoms with E-state index < -0.39 is 0 Å². The third kappa shape index (κ3) is 4.67. The van der Waals surface area contributed by atoms with Gasteiger partial charge in [-0.05, 0) is 60.0 Å². The van der Waals surface area contributed by atoms with Crippen molar-refractivity contribution in [3.8, 4) is 5.69 Å². The summed E-state index contributed by atoms with van der Waals surface area (Å²) in [5, 5.41) is 16.2. The first-order chi connectivity index (χ1) is 13.0. The Morgan fingerprint density at radius 2 is 1.85 bits per heavy atom. The number of benzene rings is 2. The maximum atomic E-state index is 12.3. The molecule has 0 radical (unpaired) electrons. The summed E-state index contributed by atoms with van der Waals surface area (Å²) < 4.78 is 1.69. The van der Waals surface area contributed by atoms with Gasteiger partial charge in [0.2, 0.25) is 11.1 Å². The molecule has 3 aromatic rings. The van der Waals surface area contributed by atoms with Crippen LogP contribution in [0, 0.1) is 13.8 Å². The number of amides is 1. The van der Waals surface area contributed by atoms with Gasteiger partial charge in [-0.15, -0.1) is 5.10 Å². The number of hydrogen-bond acceptors (Lipinski definition) is 5. The Hall–Kier alpha value is -2.38. The Bertz CT molecular complexity index is 921. The van der Waals surface area contributed by atoms with Gasteiger partial charge in [0.05, 0.1) is 17.5 Å². The molecule has 1 aromatic heterocycles. The van der Waals surface area contributed by atoms with E-state index >= 15 is 0 Å². The molecule has 140 valence electrons. The summed E-state index contributed by atoms with van der Waals surface area (Å²) >= 11 is 7.21. The fraction of sp³-hybridized carbons (Fsp3) is 0.263. The molecule has 0 saturated carbocycles. The maximum absolute atomic E-state index is 12.3. The Kier molecular flexibility index (Phi) is 6.13. The quantitative estimate of drug-likeness (QED) is 0.634. The van der Waals surface area contributed by atoms with Gasteiger partial charge in [-0.1, -0.05) is 53.7 Å². The number of aromatic nitrogens is 4. The Balaban J connectivity index is 1.65. The van der Waals surface area contributed by atoms with Gasteiger partial charge in [-0.25, -0.2) is 0 Å². The third-order valence-corrected chi connectivity index (χ3v) is 5.34. The normalized spacial score (nSPS) is 12.0. The van der Waals surface area contributed by atoms with Gasteiger partial charge in [0.25, 0.3) is 0 Å². The van der Waals surface area contributed by atoms with E-state index in [1.54, 1.807) is 4.68 Å². The molecule has 0 aliphatic rings. The minimum absolute atomic E-state index is 0.0847. The molecular formula is C19H20ClN5OS. The van der Waals surface area contributed by atoms with Crippen LogP contribution in [0.3, 0.4) is 0 Å². The third-order valence-electron chi connectivity index (χ3n) is 4.17. The number of carbonyl (C=O) groups excluding carboxylic acids is 1.